The van der Waals surface area contributed by atoms with Gasteiger partial charge in [0.05, 0.1) is 4.90 Å². The molecule has 0 saturated carbocycles. The van der Waals surface area contributed by atoms with Gasteiger partial charge in [-0.3, -0.25) is 4.72 Å². The monoisotopic (exact) mass is 304 g/mol. The SMILES string of the molecule is CC(C)NCc1cccc(NS(=O)(=O)c2ccccc2)c1. The molecular formula is C16H20N2O2S. The van der Waals surface area contributed by atoms with Gasteiger partial charge in [-0.15, -0.1) is 0 Å². The predicted molar refractivity (Wildman–Crippen MR) is 85.7 cm³/mol. The first-order chi connectivity index (χ1) is 9.97. The maximum Gasteiger partial charge on any atom is 0.261 e. The molecule has 21 heavy (non-hydrogen) atoms. The Bertz CT molecular complexity index is 682. The van der Waals surface area contributed by atoms with Crippen LogP contribution >= 0.6 is 0 Å². The summed E-state index contributed by atoms with van der Waals surface area (Å²) in [7, 11) is -3.53. The number of hydrogen-bond donors (Lipinski definition) is 2. The molecule has 4 nitrogen and oxygen atoms in total. The van der Waals surface area contributed by atoms with Crippen LogP contribution in [0.1, 0.15) is 19.4 Å². The third kappa shape index (κ3) is 4.58. The Labute approximate surface area is 126 Å². The summed E-state index contributed by atoms with van der Waals surface area (Å²) >= 11 is 0. The van der Waals surface area contributed by atoms with Crippen LogP contribution < -0.4 is 10.0 Å². The molecule has 2 rings (SSSR count). The van der Waals surface area contributed by atoms with Gasteiger partial charge < -0.3 is 5.32 Å². The lowest BCUT2D eigenvalue weighted by molar-refractivity contribution is 0.589. The first-order valence-electron chi connectivity index (χ1n) is 6.87. The smallest absolute Gasteiger partial charge is 0.261 e. The second kappa shape index (κ2) is 6.74. The maximum atomic E-state index is 12.3. The molecule has 0 atom stereocenters. The number of hydrogen-bond acceptors (Lipinski definition) is 3. The van der Waals surface area contributed by atoms with E-state index in [4.69, 9.17) is 0 Å². The van der Waals surface area contributed by atoms with Crippen LogP contribution in [0.4, 0.5) is 5.69 Å². The van der Waals surface area contributed by atoms with E-state index in [1.54, 1.807) is 36.4 Å². The van der Waals surface area contributed by atoms with Gasteiger partial charge in [0.15, 0.2) is 0 Å². The summed E-state index contributed by atoms with van der Waals surface area (Å²) in [6.45, 7) is 4.85. The molecule has 0 aromatic heterocycles. The lowest BCUT2D eigenvalue weighted by atomic mass is 10.2. The first-order valence-corrected chi connectivity index (χ1v) is 8.36. The maximum absolute atomic E-state index is 12.3. The number of sulfonamides is 1. The average molecular weight is 304 g/mol. The van der Waals surface area contributed by atoms with E-state index >= 15 is 0 Å². The fourth-order valence-corrected chi connectivity index (χ4v) is 2.95. The number of nitrogens with one attached hydrogen (secondary N) is 2. The first kappa shape index (κ1) is 15.5. The van der Waals surface area contributed by atoms with Gasteiger partial charge in [-0.1, -0.05) is 44.2 Å². The van der Waals surface area contributed by atoms with Crippen LogP contribution in [0.25, 0.3) is 0 Å². The van der Waals surface area contributed by atoms with Crippen molar-refractivity contribution < 1.29 is 8.42 Å². The van der Waals surface area contributed by atoms with Gasteiger partial charge in [-0.2, -0.15) is 0 Å². The molecule has 0 amide bonds. The van der Waals surface area contributed by atoms with E-state index in [2.05, 4.69) is 23.9 Å². The van der Waals surface area contributed by atoms with Gasteiger partial charge in [-0.05, 0) is 29.8 Å². The minimum atomic E-state index is -3.53. The molecule has 0 spiro atoms. The molecule has 0 unspecified atom stereocenters. The van der Waals surface area contributed by atoms with E-state index in [1.165, 1.54) is 0 Å². The van der Waals surface area contributed by atoms with Gasteiger partial charge in [0.1, 0.15) is 0 Å². The normalized spacial score (nSPS) is 11.6. The van der Waals surface area contributed by atoms with Crippen LogP contribution in [-0.2, 0) is 16.6 Å². The molecule has 0 fully saturated rings. The summed E-state index contributed by atoms with van der Waals surface area (Å²) in [6, 6.07) is 16.1. The molecule has 0 saturated heterocycles. The highest BCUT2D eigenvalue weighted by Crippen LogP contribution is 2.17. The second-order valence-electron chi connectivity index (χ2n) is 5.15. The Morgan fingerprint density at radius 2 is 1.71 bits per heavy atom. The van der Waals surface area contributed by atoms with Crippen LogP contribution in [0.2, 0.25) is 0 Å². The van der Waals surface area contributed by atoms with Gasteiger partial charge in [0, 0.05) is 18.3 Å². The largest absolute Gasteiger partial charge is 0.310 e. The highest BCUT2D eigenvalue weighted by atomic mass is 32.2. The molecule has 0 radical (unpaired) electrons. The Morgan fingerprint density at radius 3 is 2.38 bits per heavy atom. The molecule has 0 bridgehead atoms. The number of rotatable bonds is 6. The molecule has 0 heterocycles. The summed E-state index contributed by atoms with van der Waals surface area (Å²) < 4.78 is 27.1. The Morgan fingerprint density at radius 1 is 1.00 bits per heavy atom. The van der Waals surface area contributed by atoms with Crippen LogP contribution in [0.15, 0.2) is 59.5 Å². The fourth-order valence-electron chi connectivity index (χ4n) is 1.88. The molecule has 0 aliphatic carbocycles. The molecule has 2 N–H and O–H groups in total. The van der Waals surface area contributed by atoms with Crippen LogP contribution in [0.3, 0.4) is 0 Å². The van der Waals surface area contributed by atoms with Crippen molar-refractivity contribution in [3.63, 3.8) is 0 Å². The summed E-state index contributed by atoms with van der Waals surface area (Å²) in [5.74, 6) is 0. The van der Waals surface area contributed by atoms with E-state index in [0.29, 0.717) is 18.3 Å². The minimum absolute atomic E-state index is 0.260. The molecule has 2 aromatic carbocycles. The third-order valence-corrected chi connectivity index (χ3v) is 4.34. The highest BCUT2D eigenvalue weighted by Gasteiger charge is 2.13. The summed E-state index contributed by atoms with van der Waals surface area (Å²) in [5, 5.41) is 3.31. The lowest BCUT2D eigenvalue weighted by Crippen LogP contribution is -2.21. The Hall–Kier alpha value is -1.85. The van der Waals surface area contributed by atoms with Gasteiger partial charge in [0.25, 0.3) is 10.0 Å². The van der Waals surface area contributed by atoms with E-state index < -0.39 is 10.0 Å². The summed E-state index contributed by atoms with van der Waals surface area (Å²) in [4.78, 5) is 0.260. The van der Waals surface area contributed by atoms with Crippen molar-refractivity contribution in [3.05, 3.63) is 60.2 Å². The van der Waals surface area contributed by atoms with Gasteiger partial charge in [-0.25, -0.2) is 8.42 Å². The molecule has 0 aliphatic heterocycles. The minimum Gasteiger partial charge on any atom is -0.310 e. The van der Waals surface area contributed by atoms with Gasteiger partial charge in [0.2, 0.25) is 0 Å². The molecule has 0 aliphatic rings. The Balaban J connectivity index is 2.14. The van der Waals surface area contributed by atoms with Crippen molar-refractivity contribution in [1.82, 2.24) is 5.32 Å². The molecule has 5 heteroatoms. The quantitative estimate of drug-likeness (QED) is 0.862. The standard InChI is InChI=1S/C16H20N2O2S/c1-13(2)17-12-14-7-6-8-15(11-14)18-21(19,20)16-9-4-3-5-10-16/h3-11,13,17-18H,12H2,1-2H3. The van der Waals surface area contributed by atoms with Crippen LogP contribution in [0, 0.1) is 0 Å². The van der Waals surface area contributed by atoms with Crippen molar-refractivity contribution in [3.8, 4) is 0 Å². The Kier molecular flexibility index (Phi) is 4.98. The zero-order valence-corrected chi connectivity index (χ0v) is 13.0. The highest BCUT2D eigenvalue weighted by molar-refractivity contribution is 7.92. The van der Waals surface area contributed by atoms with E-state index in [0.717, 1.165) is 5.56 Å². The number of anilines is 1. The second-order valence-corrected chi connectivity index (χ2v) is 6.84. The number of benzene rings is 2. The van der Waals surface area contributed by atoms with Gasteiger partial charge >= 0.3 is 0 Å². The third-order valence-electron chi connectivity index (χ3n) is 2.95. The van der Waals surface area contributed by atoms with Crippen molar-refractivity contribution in [2.24, 2.45) is 0 Å². The summed E-state index contributed by atoms with van der Waals surface area (Å²) in [6.07, 6.45) is 0. The van der Waals surface area contributed by atoms with E-state index in [9.17, 15) is 8.42 Å². The van der Waals surface area contributed by atoms with E-state index in [1.807, 2.05) is 18.2 Å². The van der Waals surface area contributed by atoms with Crippen molar-refractivity contribution >= 4 is 15.7 Å². The average Bonchev–Trinajstić information content (AvgIpc) is 2.46. The van der Waals surface area contributed by atoms with Crippen LogP contribution in [-0.4, -0.2) is 14.5 Å². The topological polar surface area (TPSA) is 58.2 Å². The molecule has 2 aromatic rings. The van der Waals surface area contributed by atoms with Crippen LogP contribution in [0.5, 0.6) is 0 Å². The lowest BCUT2D eigenvalue weighted by Gasteiger charge is -2.11. The van der Waals surface area contributed by atoms with Crippen molar-refractivity contribution in [2.45, 2.75) is 31.3 Å². The van der Waals surface area contributed by atoms with Crippen molar-refractivity contribution in [2.75, 3.05) is 4.72 Å². The predicted octanol–water partition coefficient (Wildman–Crippen LogP) is 2.99. The zero-order valence-electron chi connectivity index (χ0n) is 12.2. The van der Waals surface area contributed by atoms with E-state index in [-0.39, 0.29) is 4.90 Å². The molecular weight excluding hydrogens is 284 g/mol. The zero-order chi connectivity index (χ0) is 15.3. The fraction of sp³-hybridized carbons (Fsp3) is 0.250. The summed E-state index contributed by atoms with van der Waals surface area (Å²) in [5.41, 5.74) is 1.61. The molecule has 112 valence electrons. The van der Waals surface area contributed by atoms with Crippen molar-refractivity contribution in [1.29, 1.82) is 0 Å².